The van der Waals surface area contributed by atoms with Crippen LogP contribution in [-0.2, 0) is 33.3 Å². The van der Waals surface area contributed by atoms with Crippen LogP contribution in [0.25, 0.3) is 0 Å². The minimum atomic E-state index is -0.948. The van der Waals surface area contributed by atoms with E-state index in [1.165, 1.54) is 35.4 Å². The largest absolute Gasteiger partial charge is 0.492 e. The third kappa shape index (κ3) is 8.27. The number of nitrogens with zero attached hydrogens (tertiary/aromatic N) is 1. The van der Waals surface area contributed by atoms with Crippen molar-refractivity contribution in [2.75, 3.05) is 35.4 Å². The minimum absolute atomic E-state index is 0.0618. The summed E-state index contributed by atoms with van der Waals surface area (Å²) in [6.07, 6.45) is 4.39. The van der Waals surface area contributed by atoms with Crippen LogP contribution in [0, 0.1) is 11.8 Å². The number of rotatable bonds is 4. The number of fused-ring (bicyclic) bond motifs is 2. The lowest BCUT2D eigenvalue weighted by Crippen LogP contribution is -2.37. The molecule has 0 saturated carbocycles. The fraction of sp³-hybridized carbons (Fsp3) is 0.548. The van der Waals surface area contributed by atoms with Crippen molar-refractivity contribution in [3.8, 4) is 0 Å². The van der Waals surface area contributed by atoms with E-state index in [0.717, 1.165) is 11.0 Å². The Bertz CT molecular complexity index is 1200. The summed E-state index contributed by atoms with van der Waals surface area (Å²) in [6, 6.07) is 0. The van der Waals surface area contributed by atoms with Crippen LogP contribution in [0.3, 0.4) is 0 Å². The van der Waals surface area contributed by atoms with Crippen LogP contribution in [0.4, 0.5) is 4.79 Å². The van der Waals surface area contributed by atoms with Gasteiger partial charge in [0.2, 0.25) is 11.6 Å². The average molecular weight is 589 g/mol. The van der Waals surface area contributed by atoms with Gasteiger partial charge in [-0.1, -0.05) is 38.2 Å². The van der Waals surface area contributed by atoms with Crippen molar-refractivity contribution in [1.82, 2.24) is 10.2 Å². The van der Waals surface area contributed by atoms with Crippen molar-refractivity contribution >= 4 is 23.6 Å². The Labute approximate surface area is 247 Å². The molecule has 2 rings (SSSR count). The first-order chi connectivity index (χ1) is 19.8. The lowest BCUT2D eigenvalue weighted by Gasteiger charge is -2.30. The minimum Gasteiger partial charge on any atom is -0.492 e. The number of carbonyl (C=O) groups is 4. The molecule has 0 aromatic carbocycles. The zero-order chi connectivity index (χ0) is 31.7. The van der Waals surface area contributed by atoms with Gasteiger partial charge in [-0.25, -0.2) is 4.79 Å². The predicted molar refractivity (Wildman–Crippen MR) is 156 cm³/mol. The van der Waals surface area contributed by atoms with E-state index in [9.17, 15) is 24.3 Å². The second-order valence-electron chi connectivity index (χ2n) is 10.7. The highest BCUT2D eigenvalue weighted by Crippen LogP contribution is 2.31. The Morgan fingerprint density at radius 1 is 1.10 bits per heavy atom. The molecule has 0 saturated heterocycles. The fourth-order valence-corrected chi connectivity index (χ4v) is 5.12. The van der Waals surface area contributed by atoms with Gasteiger partial charge in [-0.05, 0) is 38.2 Å². The Hall–Kier alpha value is -3.54. The molecule has 0 fully saturated rings. The molecule has 6 unspecified atom stereocenters. The summed E-state index contributed by atoms with van der Waals surface area (Å²) in [5, 5.41) is 13.7. The molecule has 2 N–H and O–H groups in total. The summed E-state index contributed by atoms with van der Waals surface area (Å²) in [4.78, 5) is 53.1. The molecule has 42 heavy (non-hydrogen) atoms. The van der Waals surface area contributed by atoms with E-state index in [0.29, 0.717) is 12.0 Å². The van der Waals surface area contributed by atoms with E-state index in [1.807, 2.05) is 13.8 Å². The summed E-state index contributed by atoms with van der Waals surface area (Å²) in [5.74, 6) is -2.18. The number of hydrogen-bond acceptors (Lipinski definition) is 9. The number of aliphatic hydroxyl groups excluding tert-OH is 1. The zero-order valence-electron chi connectivity index (χ0n) is 25.9. The maximum absolute atomic E-state index is 13.6. The van der Waals surface area contributed by atoms with Crippen molar-refractivity contribution in [1.29, 1.82) is 0 Å². The monoisotopic (exact) mass is 588 g/mol. The van der Waals surface area contributed by atoms with E-state index in [2.05, 4.69) is 5.32 Å². The number of ketones is 2. The molecular weight excluding hydrogens is 544 g/mol. The molecule has 11 nitrogen and oxygen atoms in total. The molecule has 0 spiro atoms. The van der Waals surface area contributed by atoms with Gasteiger partial charge in [-0.2, -0.15) is 0 Å². The van der Waals surface area contributed by atoms with Crippen molar-refractivity contribution in [3.63, 3.8) is 0 Å². The van der Waals surface area contributed by atoms with Crippen molar-refractivity contribution in [2.24, 2.45) is 11.8 Å². The number of allylic oxidation sites excluding steroid dienone is 4. The normalized spacial score (nSPS) is 28.7. The number of carbonyl (C=O) groups excluding carboxylic acids is 4. The molecule has 1 aliphatic heterocycles. The number of Topliss-reactive ketones (excluding diaryl/α,β-unsaturated/α-hetero) is 1. The van der Waals surface area contributed by atoms with E-state index >= 15 is 0 Å². The highest BCUT2D eigenvalue weighted by Gasteiger charge is 2.35. The zero-order valence-corrected chi connectivity index (χ0v) is 25.9. The topological polar surface area (TPSA) is 141 Å². The maximum Gasteiger partial charge on any atom is 0.407 e. The molecule has 0 aromatic rings. The molecule has 1 heterocycles. The molecule has 0 aromatic heterocycles. The van der Waals surface area contributed by atoms with Gasteiger partial charge in [-0.3, -0.25) is 14.4 Å². The van der Waals surface area contributed by atoms with Crippen LogP contribution in [0.5, 0.6) is 0 Å². The summed E-state index contributed by atoms with van der Waals surface area (Å²) in [5.41, 5.74) is 1.03. The Kier molecular flexibility index (Phi) is 12.9. The number of likely N-dealkylation sites (N-methyl/N-ethyl adjacent to an activating group) is 1. The molecule has 2 bridgehead atoms. The second-order valence-corrected chi connectivity index (χ2v) is 10.7. The van der Waals surface area contributed by atoms with Crippen molar-refractivity contribution in [3.05, 3.63) is 58.6 Å². The summed E-state index contributed by atoms with van der Waals surface area (Å²) in [6.45, 7) is 7.06. The molecular formula is C31H44N2O9. The molecule has 232 valence electrons. The molecule has 1 aliphatic carbocycles. The van der Waals surface area contributed by atoms with Crippen LogP contribution >= 0.6 is 0 Å². The number of ether oxygens (including phenoxy) is 4. The first-order valence-corrected chi connectivity index (χ1v) is 13.8. The van der Waals surface area contributed by atoms with E-state index in [-0.39, 0.29) is 34.9 Å². The molecule has 11 heteroatoms. The second kappa shape index (κ2) is 15.6. The lowest BCUT2D eigenvalue weighted by atomic mass is 9.85. The van der Waals surface area contributed by atoms with Crippen molar-refractivity contribution in [2.45, 2.75) is 65.0 Å². The smallest absolute Gasteiger partial charge is 0.407 e. The highest BCUT2D eigenvalue weighted by molar-refractivity contribution is 6.23. The maximum atomic E-state index is 13.6. The van der Waals surface area contributed by atoms with E-state index < -0.39 is 53.9 Å². The number of amides is 2. The standard InChI is InChI=1S/C31H44N2O9/c1-17-13-21-27(36)22(16-23(34)29(21)41-9)33(6)30(37)18(2)11-10-12-24(39-7)28(42-31(38)32-5)20(4)15-19(3)26(35)25(14-17)40-8/h10-12,15-17,19,24-26,28,35H,13-14H2,1-9H3,(H,32,38). The number of aliphatic hydroxyl groups is 1. The summed E-state index contributed by atoms with van der Waals surface area (Å²) < 4.78 is 22.2. The fourth-order valence-electron chi connectivity index (χ4n) is 5.12. The number of hydrogen-bond donors (Lipinski definition) is 2. The van der Waals surface area contributed by atoms with Crippen LogP contribution in [0.1, 0.15) is 40.5 Å². The van der Waals surface area contributed by atoms with Gasteiger partial charge in [0.15, 0.2) is 11.9 Å². The van der Waals surface area contributed by atoms with Crippen LogP contribution in [0.15, 0.2) is 58.6 Å². The number of alkyl carbamates (subject to hydrolysis) is 1. The lowest BCUT2D eigenvalue weighted by molar-refractivity contribution is -0.127. The van der Waals surface area contributed by atoms with E-state index in [4.69, 9.17) is 18.9 Å². The van der Waals surface area contributed by atoms with Gasteiger partial charge in [0.1, 0.15) is 6.10 Å². The number of nitrogens with one attached hydrogen (secondary N) is 1. The third-order valence-electron chi connectivity index (χ3n) is 7.52. The number of methoxy groups -OCH3 is 3. The van der Waals surface area contributed by atoms with Crippen molar-refractivity contribution < 1.29 is 43.2 Å². The van der Waals surface area contributed by atoms with Gasteiger partial charge in [0.05, 0.1) is 25.0 Å². The molecule has 6 atom stereocenters. The Morgan fingerprint density at radius 2 is 1.76 bits per heavy atom. The van der Waals surface area contributed by atoms with Gasteiger partial charge in [0.25, 0.3) is 5.91 Å². The predicted octanol–water partition coefficient (Wildman–Crippen LogP) is 3.01. The SMILES string of the molecule is CNC(=O)OC1C(C)=CC(C)C(O)C(OC)CC(C)CC2=C(OC)C(=O)C=C(C2=O)N(C)C(=O)C(C)=CC=CC1OC. The van der Waals surface area contributed by atoms with Crippen LogP contribution < -0.4 is 5.32 Å². The first kappa shape index (κ1) is 34.7. The summed E-state index contributed by atoms with van der Waals surface area (Å²) in [7, 11) is 7.16. The third-order valence-corrected chi connectivity index (χ3v) is 7.52. The summed E-state index contributed by atoms with van der Waals surface area (Å²) >= 11 is 0. The van der Waals surface area contributed by atoms with Gasteiger partial charge in [0, 0.05) is 51.5 Å². The van der Waals surface area contributed by atoms with E-state index in [1.54, 1.807) is 38.2 Å². The van der Waals surface area contributed by atoms with Gasteiger partial charge < -0.3 is 34.3 Å². The quantitative estimate of drug-likeness (QED) is 0.375. The highest BCUT2D eigenvalue weighted by atomic mass is 16.6. The molecule has 2 aliphatic rings. The molecule has 2 amide bonds. The van der Waals surface area contributed by atoms with Crippen LogP contribution in [0.2, 0.25) is 0 Å². The average Bonchev–Trinajstić information content (AvgIpc) is 2.96. The molecule has 0 radical (unpaired) electrons. The van der Waals surface area contributed by atoms with Crippen LogP contribution in [-0.4, -0.2) is 93.4 Å². The van der Waals surface area contributed by atoms with Gasteiger partial charge in [-0.15, -0.1) is 0 Å². The Balaban J connectivity index is 2.66. The first-order valence-electron chi connectivity index (χ1n) is 13.8. The Morgan fingerprint density at radius 3 is 2.33 bits per heavy atom. The van der Waals surface area contributed by atoms with Gasteiger partial charge >= 0.3 is 6.09 Å².